The zero-order valence-electron chi connectivity index (χ0n) is 15.4. The molecule has 140 valence electrons. The molecular weight excluding hydrogens is 356 g/mol. The van der Waals surface area contributed by atoms with E-state index in [1.54, 1.807) is 30.3 Å². The highest BCUT2D eigenvalue weighted by molar-refractivity contribution is 6.36. The summed E-state index contributed by atoms with van der Waals surface area (Å²) in [4.78, 5) is 32.8. The summed E-state index contributed by atoms with van der Waals surface area (Å²) in [7, 11) is 1.22. The van der Waals surface area contributed by atoms with Crippen molar-refractivity contribution in [1.82, 2.24) is 0 Å². The van der Waals surface area contributed by atoms with Gasteiger partial charge < -0.3 is 9.84 Å². The van der Waals surface area contributed by atoms with Gasteiger partial charge in [-0.15, -0.1) is 0 Å². The van der Waals surface area contributed by atoms with Crippen molar-refractivity contribution in [2.75, 3.05) is 7.11 Å². The molecule has 0 radical (unpaired) electrons. The summed E-state index contributed by atoms with van der Waals surface area (Å²) in [6, 6.07) is 16.4. The first-order chi connectivity index (χ1) is 13.5. The van der Waals surface area contributed by atoms with E-state index in [9.17, 15) is 14.7 Å². The molecule has 28 heavy (non-hydrogen) atoms. The van der Waals surface area contributed by atoms with Crippen LogP contribution in [0.1, 0.15) is 23.6 Å². The van der Waals surface area contributed by atoms with E-state index in [0.29, 0.717) is 11.1 Å². The van der Waals surface area contributed by atoms with Crippen molar-refractivity contribution < 1.29 is 19.4 Å². The Balaban J connectivity index is 1.99. The number of carbonyl (C=O) groups excluding carboxylic acids is 2. The zero-order valence-corrected chi connectivity index (χ0v) is 15.4. The monoisotopic (exact) mass is 374 g/mol. The average Bonchev–Trinajstić information content (AvgIpc) is 3.05. The van der Waals surface area contributed by atoms with Gasteiger partial charge in [-0.2, -0.15) is 4.99 Å². The van der Waals surface area contributed by atoms with Gasteiger partial charge in [0.05, 0.1) is 12.8 Å². The number of ether oxygens (including phenoxy) is 1. The minimum Gasteiger partial charge on any atom is -0.512 e. The Labute approximate surface area is 162 Å². The van der Waals surface area contributed by atoms with Crippen molar-refractivity contribution in [3.05, 3.63) is 88.7 Å². The van der Waals surface area contributed by atoms with Gasteiger partial charge in [0.1, 0.15) is 11.3 Å². The lowest BCUT2D eigenvalue weighted by atomic mass is 9.99. The lowest BCUT2D eigenvalue weighted by Gasteiger charge is -2.07. The number of fused-ring (bicyclic) bond motifs is 1. The number of allylic oxidation sites excluding steroid dienone is 1. The molecule has 1 N–H and O–H groups in total. The fourth-order valence-corrected chi connectivity index (χ4v) is 2.78. The fourth-order valence-electron chi connectivity index (χ4n) is 2.78. The minimum absolute atomic E-state index is 0.0626. The molecule has 0 unspecified atom stereocenters. The lowest BCUT2D eigenvalue weighted by molar-refractivity contribution is -0.135. The number of methoxy groups -OCH3 is 1. The van der Waals surface area contributed by atoms with Gasteiger partial charge in [-0.25, -0.2) is 9.79 Å². The largest absolute Gasteiger partial charge is 0.512 e. The Kier molecular flexibility index (Phi) is 5.60. The van der Waals surface area contributed by atoms with Crippen molar-refractivity contribution >= 4 is 29.5 Å². The van der Waals surface area contributed by atoms with Gasteiger partial charge in [-0.05, 0) is 18.6 Å². The number of amidine groups is 1. The van der Waals surface area contributed by atoms with Gasteiger partial charge >= 0.3 is 5.97 Å². The van der Waals surface area contributed by atoms with Crippen LogP contribution in [0.25, 0.3) is 6.08 Å². The number of aliphatic hydroxyl groups excluding tert-OH is 1. The topological polar surface area (TPSA) is 88.3 Å². The Morgan fingerprint density at radius 3 is 2.32 bits per heavy atom. The number of nitrogens with zero attached hydrogens (tertiary/aromatic N) is 2. The summed E-state index contributed by atoms with van der Waals surface area (Å²) in [6.07, 6.45) is 3.02. The fraction of sp³-hybridized carbons (Fsp3) is 0.0909. The zero-order chi connectivity index (χ0) is 20.1. The van der Waals surface area contributed by atoms with Gasteiger partial charge in [-0.1, -0.05) is 54.6 Å². The van der Waals surface area contributed by atoms with Crippen molar-refractivity contribution in [1.29, 1.82) is 0 Å². The van der Waals surface area contributed by atoms with E-state index >= 15 is 0 Å². The van der Waals surface area contributed by atoms with Crippen LogP contribution in [0.15, 0.2) is 82.0 Å². The van der Waals surface area contributed by atoms with E-state index in [-0.39, 0.29) is 22.9 Å². The molecule has 0 atom stereocenters. The number of hydrogen-bond acceptors (Lipinski definition) is 4. The van der Waals surface area contributed by atoms with Crippen LogP contribution in [0.5, 0.6) is 0 Å². The molecule has 0 fully saturated rings. The molecular formula is C22H18N2O4. The second-order valence-electron chi connectivity index (χ2n) is 5.98. The molecule has 1 aliphatic heterocycles. The molecule has 0 spiro atoms. The summed E-state index contributed by atoms with van der Waals surface area (Å²) >= 11 is 0. The van der Waals surface area contributed by atoms with E-state index in [4.69, 9.17) is 4.74 Å². The van der Waals surface area contributed by atoms with Crippen molar-refractivity contribution in [3.8, 4) is 0 Å². The second-order valence-corrected chi connectivity index (χ2v) is 5.98. The molecule has 0 bridgehead atoms. The molecule has 0 aliphatic carbocycles. The van der Waals surface area contributed by atoms with E-state index in [1.807, 2.05) is 30.3 Å². The van der Waals surface area contributed by atoms with Crippen LogP contribution < -0.4 is 0 Å². The smallest absolute Gasteiger partial charge is 0.343 e. The maximum Gasteiger partial charge on any atom is 0.343 e. The third-order valence-corrected chi connectivity index (χ3v) is 4.06. The summed E-state index contributed by atoms with van der Waals surface area (Å²) in [5.41, 5.74) is 2.23. The predicted octanol–water partition coefficient (Wildman–Crippen LogP) is 3.48. The number of aliphatic hydroxyl groups is 1. The van der Waals surface area contributed by atoms with E-state index in [0.717, 1.165) is 5.56 Å². The molecule has 6 heteroatoms. The minimum atomic E-state index is -0.717. The van der Waals surface area contributed by atoms with E-state index in [1.165, 1.54) is 20.1 Å². The Bertz CT molecular complexity index is 1040. The highest BCUT2D eigenvalue weighted by Crippen LogP contribution is 2.25. The summed E-state index contributed by atoms with van der Waals surface area (Å²) in [5.74, 6) is -1.25. The number of amides is 1. The first kappa shape index (κ1) is 19.0. The molecule has 1 amide bonds. The summed E-state index contributed by atoms with van der Waals surface area (Å²) in [6.45, 7) is 1.38. The SMILES string of the molecule is COC(=O)/C(C1=NC(=NC(=O)C=Cc2ccccc2)c2ccccc21)=C(\C)O. The molecule has 1 heterocycles. The number of benzene rings is 2. The quantitative estimate of drug-likeness (QED) is 0.504. The standard InChI is InChI=1S/C22H18N2O4/c1-14(25)19(22(27)28-2)20-16-10-6-7-11-17(16)21(24-20)23-18(26)13-12-15-8-4-3-5-9-15/h3-13,25H,1-2H3/b13-12?,19-14+,23-21?. The molecule has 0 saturated carbocycles. The normalized spacial score (nSPS) is 15.2. The molecule has 6 nitrogen and oxygen atoms in total. The van der Waals surface area contributed by atoms with Gasteiger partial charge in [0.25, 0.3) is 5.91 Å². The molecule has 0 aromatic heterocycles. The number of carbonyl (C=O) groups is 2. The van der Waals surface area contributed by atoms with Gasteiger partial charge in [0, 0.05) is 17.2 Å². The third kappa shape index (κ3) is 3.96. The van der Waals surface area contributed by atoms with Gasteiger partial charge in [0.15, 0.2) is 5.84 Å². The first-order valence-electron chi connectivity index (χ1n) is 8.54. The van der Waals surface area contributed by atoms with Crippen LogP contribution in [0, 0.1) is 0 Å². The van der Waals surface area contributed by atoms with Gasteiger partial charge in [0.2, 0.25) is 0 Å². The number of esters is 1. The highest BCUT2D eigenvalue weighted by atomic mass is 16.5. The summed E-state index contributed by atoms with van der Waals surface area (Å²) in [5, 5.41) is 9.96. The molecule has 2 aromatic carbocycles. The van der Waals surface area contributed by atoms with Crippen LogP contribution in [-0.2, 0) is 14.3 Å². The van der Waals surface area contributed by atoms with Crippen LogP contribution in [0.2, 0.25) is 0 Å². The maximum absolute atomic E-state index is 12.3. The van der Waals surface area contributed by atoms with Crippen LogP contribution in [-0.4, -0.2) is 35.6 Å². The predicted molar refractivity (Wildman–Crippen MR) is 107 cm³/mol. The summed E-state index contributed by atoms with van der Waals surface area (Å²) < 4.78 is 4.75. The van der Waals surface area contributed by atoms with Crippen LogP contribution in [0.3, 0.4) is 0 Å². The Morgan fingerprint density at radius 1 is 1.04 bits per heavy atom. The Hall–Kier alpha value is -3.80. The van der Waals surface area contributed by atoms with E-state index in [2.05, 4.69) is 9.98 Å². The molecule has 3 rings (SSSR count). The van der Waals surface area contributed by atoms with Crippen molar-refractivity contribution in [3.63, 3.8) is 0 Å². The van der Waals surface area contributed by atoms with Crippen LogP contribution >= 0.6 is 0 Å². The maximum atomic E-state index is 12.3. The molecule has 0 saturated heterocycles. The second kappa shape index (κ2) is 8.26. The number of hydrogen-bond donors (Lipinski definition) is 1. The van der Waals surface area contributed by atoms with Crippen molar-refractivity contribution in [2.45, 2.75) is 6.92 Å². The average molecular weight is 374 g/mol. The first-order valence-corrected chi connectivity index (χ1v) is 8.54. The number of rotatable bonds is 4. The number of aliphatic imine (C=N–C) groups is 2. The molecule has 2 aromatic rings. The molecule has 1 aliphatic rings. The lowest BCUT2D eigenvalue weighted by Crippen LogP contribution is -2.16. The third-order valence-electron chi connectivity index (χ3n) is 4.06. The van der Waals surface area contributed by atoms with Gasteiger partial charge in [-0.3, -0.25) is 4.79 Å². The Morgan fingerprint density at radius 2 is 1.68 bits per heavy atom. The van der Waals surface area contributed by atoms with E-state index < -0.39 is 11.9 Å². The highest BCUT2D eigenvalue weighted by Gasteiger charge is 2.30. The van der Waals surface area contributed by atoms with Crippen molar-refractivity contribution in [2.24, 2.45) is 9.98 Å². The van der Waals surface area contributed by atoms with Crippen LogP contribution in [0.4, 0.5) is 0 Å².